The number of rotatable bonds is 3. The van der Waals surface area contributed by atoms with Crippen molar-refractivity contribution < 1.29 is 4.79 Å². The van der Waals surface area contributed by atoms with Crippen LogP contribution in [0.2, 0.25) is 0 Å². The van der Waals surface area contributed by atoms with Crippen LogP contribution in [0.3, 0.4) is 0 Å². The van der Waals surface area contributed by atoms with Gasteiger partial charge in [0.1, 0.15) is 0 Å². The van der Waals surface area contributed by atoms with Gasteiger partial charge in [0.2, 0.25) is 0 Å². The van der Waals surface area contributed by atoms with Gasteiger partial charge in [-0.3, -0.25) is 0 Å². The molecule has 0 atom stereocenters. The van der Waals surface area contributed by atoms with Crippen molar-refractivity contribution in [1.29, 1.82) is 0 Å². The highest BCUT2D eigenvalue weighted by Crippen LogP contribution is 2.26. The summed E-state index contributed by atoms with van der Waals surface area (Å²) >= 11 is 5.06. The van der Waals surface area contributed by atoms with E-state index in [2.05, 4.69) is 33.4 Å². The predicted octanol–water partition coefficient (Wildman–Crippen LogP) is 2.08. The lowest BCUT2D eigenvalue weighted by molar-refractivity contribution is 0.249. The van der Waals surface area contributed by atoms with Gasteiger partial charge >= 0.3 is 6.03 Å². The topological polar surface area (TPSA) is 67.5 Å². The van der Waals surface area contributed by atoms with Gasteiger partial charge in [-0.15, -0.1) is 11.3 Å². The second-order valence-electron chi connectivity index (χ2n) is 2.51. The Bertz CT molecular complexity index is 361. The fourth-order valence-electron chi connectivity index (χ4n) is 0.890. The van der Waals surface area contributed by atoms with Gasteiger partial charge in [0.25, 0.3) is 0 Å². The zero-order valence-electron chi connectivity index (χ0n) is 7.58. The van der Waals surface area contributed by atoms with E-state index in [1.54, 1.807) is 17.6 Å². The average Bonchev–Trinajstić information content (AvgIpc) is 2.45. The first-order valence-electron chi connectivity index (χ1n) is 4.00. The van der Waals surface area contributed by atoms with E-state index in [-0.39, 0.29) is 0 Å². The van der Waals surface area contributed by atoms with Crippen LogP contribution in [0, 0.1) is 0 Å². The first-order chi connectivity index (χ1) is 6.63. The summed E-state index contributed by atoms with van der Waals surface area (Å²) in [4.78, 5) is 12.5. The van der Waals surface area contributed by atoms with Gasteiger partial charge in [0.15, 0.2) is 0 Å². The largest absolute Gasteiger partial charge is 0.350 e. The van der Waals surface area contributed by atoms with Gasteiger partial charge in [0, 0.05) is 14.2 Å². The number of nitrogens with one attached hydrogen (secondary N) is 1. The lowest BCUT2D eigenvalue weighted by Crippen LogP contribution is -2.24. The number of aryl methyl sites for hydroxylation is 1. The third kappa shape index (κ3) is 3.12. The number of carbonyl (C=O) groups excluding carboxylic acids is 1. The molecule has 0 saturated heterocycles. The van der Waals surface area contributed by atoms with Gasteiger partial charge < -0.3 is 5.73 Å². The second-order valence-corrected chi connectivity index (χ2v) is 4.53. The van der Waals surface area contributed by atoms with Crippen molar-refractivity contribution in [3.05, 3.63) is 20.3 Å². The quantitative estimate of drug-likeness (QED) is 0.644. The van der Waals surface area contributed by atoms with Crippen molar-refractivity contribution >= 4 is 39.5 Å². The standard InChI is InChI=1S/C8H10BrN3OS/c1-2-7-6(9)3-5(14-7)4-11-12-8(10)13/h3-4H,2H2,1H3,(H3,10,12,13)/b11-4-. The number of amides is 2. The summed E-state index contributed by atoms with van der Waals surface area (Å²) in [5.41, 5.74) is 6.99. The molecule has 6 heteroatoms. The lowest BCUT2D eigenvalue weighted by Gasteiger charge is -1.88. The van der Waals surface area contributed by atoms with Crippen LogP contribution in [-0.4, -0.2) is 12.2 Å². The van der Waals surface area contributed by atoms with Crippen LogP contribution in [0.1, 0.15) is 16.7 Å². The molecule has 1 rings (SSSR count). The van der Waals surface area contributed by atoms with Crippen LogP contribution in [-0.2, 0) is 6.42 Å². The average molecular weight is 276 g/mol. The number of nitrogens with two attached hydrogens (primary N) is 1. The number of thiophene rings is 1. The molecule has 0 aliphatic carbocycles. The predicted molar refractivity (Wildman–Crippen MR) is 61.7 cm³/mol. The highest BCUT2D eigenvalue weighted by atomic mass is 79.9. The molecule has 1 heterocycles. The van der Waals surface area contributed by atoms with Crippen molar-refractivity contribution in [2.24, 2.45) is 10.8 Å². The van der Waals surface area contributed by atoms with Crippen LogP contribution < -0.4 is 11.2 Å². The normalized spacial score (nSPS) is 10.7. The molecule has 1 aromatic rings. The summed E-state index contributed by atoms with van der Waals surface area (Å²) in [6, 6.07) is 1.29. The fourth-order valence-corrected chi connectivity index (χ4v) is 2.68. The Kier molecular flexibility index (Phi) is 4.09. The van der Waals surface area contributed by atoms with Crippen LogP contribution in [0.5, 0.6) is 0 Å². The van der Waals surface area contributed by atoms with Crippen molar-refractivity contribution in [2.75, 3.05) is 0 Å². The Labute approximate surface area is 94.3 Å². The molecule has 0 aliphatic heterocycles. The third-order valence-corrected chi connectivity index (χ3v) is 3.65. The van der Waals surface area contributed by atoms with E-state index in [9.17, 15) is 4.79 Å². The zero-order chi connectivity index (χ0) is 10.6. The van der Waals surface area contributed by atoms with Gasteiger partial charge in [-0.25, -0.2) is 10.2 Å². The number of hydrogen-bond acceptors (Lipinski definition) is 3. The molecule has 0 fully saturated rings. The Morgan fingerprint density at radius 3 is 3.07 bits per heavy atom. The van der Waals surface area contributed by atoms with E-state index in [0.29, 0.717) is 0 Å². The molecule has 0 bridgehead atoms. The maximum absolute atomic E-state index is 10.3. The maximum atomic E-state index is 10.3. The summed E-state index contributed by atoms with van der Waals surface area (Å²) in [6.07, 6.45) is 2.54. The van der Waals surface area contributed by atoms with Crippen molar-refractivity contribution in [3.63, 3.8) is 0 Å². The van der Waals surface area contributed by atoms with E-state index in [4.69, 9.17) is 5.73 Å². The molecule has 0 unspecified atom stereocenters. The van der Waals surface area contributed by atoms with Gasteiger partial charge in [0.05, 0.1) is 6.21 Å². The van der Waals surface area contributed by atoms with E-state index < -0.39 is 6.03 Å². The van der Waals surface area contributed by atoms with Crippen LogP contribution in [0.4, 0.5) is 4.79 Å². The highest BCUT2D eigenvalue weighted by Gasteiger charge is 2.02. The van der Waals surface area contributed by atoms with Crippen molar-refractivity contribution in [3.8, 4) is 0 Å². The number of nitrogens with zero attached hydrogens (tertiary/aromatic N) is 1. The maximum Gasteiger partial charge on any atom is 0.332 e. The zero-order valence-corrected chi connectivity index (χ0v) is 9.98. The SMILES string of the molecule is CCc1sc(/C=N\NC(N)=O)cc1Br. The van der Waals surface area contributed by atoms with E-state index >= 15 is 0 Å². The van der Waals surface area contributed by atoms with E-state index in [1.165, 1.54) is 4.88 Å². The van der Waals surface area contributed by atoms with Crippen LogP contribution >= 0.6 is 27.3 Å². The molecular weight excluding hydrogens is 266 g/mol. The minimum absolute atomic E-state index is 0.660. The summed E-state index contributed by atoms with van der Waals surface area (Å²) in [6.45, 7) is 2.08. The highest BCUT2D eigenvalue weighted by molar-refractivity contribution is 9.10. The Morgan fingerprint density at radius 1 is 1.86 bits per heavy atom. The molecule has 3 N–H and O–H groups in total. The van der Waals surface area contributed by atoms with Gasteiger partial charge in [-0.1, -0.05) is 6.92 Å². The molecule has 0 radical (unpaired) electrons. The van der Waals surface area contributed by atoms with Crippen molar-refractivity contribution in [2.45, 2.75) is 13.3 Å². The van der Waals surface area contributed by atoms with E-state index in [0.717, 1.165) is 15.8 Å². The molecule has 76 valence electrons. The minimum atomic E-state index is -0.660. The molecule has 2 amide bonds. The minimum Gasteiger partial charge on any atom is -0.350 e. The van der Waals surface area contributed by atoms with Crippen LogP contribution in [0.15, 0.2) is 15.6 Å². The first-order valence-corrected chi connectivity index (χ1v) is 5.61. The molecule has 0 aromatic carbocycles. The summed E-state index contributed by atoms with van der Waals surface area (Å²) in [5.74, 6) is 0. The van der Waals surface area contributed by atoms with E-state index in [1.807, 2.05) is 6.07 Å². The number of hydrazone groups is 1. The Hall–Kier alpha value is -0.880. The number of halogens is 1. The summed E-state index contributed by atoms with van der Waals surface area (Å²) in [7, 11) is 0. The summed E-state index contributed by atoms with van der Waals surface area (Å²) in [5, 5.41) is 3.67. The molecule has 14 heavy (non-hydrogen) atoms. The lowest BCUT2D eigenvalue weighted by atomic mass is 10.4. The molecule has 0 spiro atoms. The monoisotopic (exact) mass is 275 g/mol. The smallest absolute Gasteiger partial charge is 0.332 e. The number of carbonyl (C=O) groups is 1. The Morgan fingerprint density at radius 2 is 2.57 bits per heavy atom. The second kappa shape index (κ2) is 5.11. The van der Waals surface area contributed by atoms with Crippen molar-refractivity contribution in [1.82, 2.24) is 5.43 Å². The van der Waals surface area contributed by atoms with Crippen LogP contribution in [0.25, 0.3) is 0 Å². The number of hydrogen-bond donors (Lipinski definition) is 2. The fraction of sp³-hybridized carbons (Fsp3) is 0.250. The third-order valence-electron chi connectivity index (χ3n) is 1.46. The molecule has 1 aromatic heterocycles. The number of primary amides is 1. The number of urea groups is 1. The summed E-state index contributed by atoms with van der Waals surface area (Å²) < 4.78 is 1.07. The first kappa shape index (κ1) is 11.2. The Balaban J connectivity index is 2.67. The molecule has 0 aliphatic rings. The molecule has 0 saturated carbocycles. The molecular formula is C8H10BrN3OS. The van der Waals surface area contributed by atoms with Gasteiger partial charge in [-0.05, 0) is 28.4 Å². The molecule has 4 nitrogen and oxygen atoms in total. The van der Waals surface area contributed by atoms with Gasteiger partial charge in [-0.2, -0.15) is 5.10 Å².